The molecule has 2 aromatic carbocycles. The number of sulfonamides is 1. The summed E-state index contributed by atoms with van der Waals surface area (Å²) < 4.78 is 32.9. The molecule has 1 saturated heterocycles. The molecule has 1 aliphatic rings. The molecule has 0 aliphatic carbocycles. The van der Waals surface area contributed by atoms with Crippen LogP contribution in [0.3, 0.4) is 0 Å². The van der Waals surface area contributed by atoms with E-state index in [1.807, 2.05) is 17.5 Å². The van der Waals surface area contributed by atoms with Gasteiger partial charge >= 0.3 is 0 Å². The minimum atomic E-state index is -3.45. The van der Waals surface area contributed by atoms with Gasteiger partial charge in [0, 0.05) is 0 Å². The largest absolute Gasteiger partial charge is 0.495 e. The van der Waals surface area contributed by atoms with E-state index in [2.05, 4.69) is 39.7 Å². The van der Waals surface area contributed by atoms with Crippen LogP contribution >= 0.6 is 11.3 Å². The first kappa shape index (κ1) is 25.2. The summed E-state index contributed by atoms with van der Waals surface area (Å²) >= 11 is 1.51. The smallest absolute Gasteiger partial charge is 0.229 e. The fraction of sp³-hybridized carbons (Fsp3) is 0.308. The molecule has 0 saturated carbocycles. The highest BCUT2D eigenvalue weighted by molar-refractivity contribution is 7.92. The maximum Gasteiger partial charge on any atom is 0.229 e. The zero-order valence-corrected chi connectivity index (χ0v) is 22.6. The SMILES string of the molecule is COc1cc(C2CCNCC2)c(C)cc1Nc1nc(Nc2ccccc2NS(C)(=O)=O)c2sccc2n1. The Morgan fingerprint density at radius 1 is 1.03 bits per heavy atom. The van der Waals surface area contributed by atoms with E-state index in [1.54, 1.807) is 25.3 Å². The van der Waals surface area contributed by atoms with Crippen LogP contribution in [0.5, 0.6) is 5.75 Å². The Kier molecular flexibility index (Phi) is 7.18. The highest BCUT2D eigenvalue weighted by Crippen LogP contribution is 2.38. The van der Waals surface area contributed by atoms with Crippen molar-refractivity contribution in [3.8, 4) is 5.75 Å². The van der Waals surface area contributed by atoms with E-state index < -0.39 is 10.0 Å². The van der Waals surface area contributed by atoms with E-state index >= 15 is 0 Å². The van der Waals surface area contributed by atoms with Crippen LogP contribution in [0, 0.1) is 6.92 Å². The minimum absolute atomic E-state index is 0.411. The number of methoxy groups -OCH3 is 1. The number of fused-ring (bicyclic) bond motifs is 1. The number of aryl methyl sites for hydroxylation is 1. The molecule has 4 N–H and O–H groups in total. The van der Waals surface area contributed by atoms with Gasteiger partial charge in [-0.05, 0) is 85.6 Å². The van der Waals surface area contributed by atoms with E-state index in [-0.39, 0.29) is 0 Å². The van der Waals surface area contributed by atoms with E-state index in [9.17, 15) is 8.42 Å². The molecule has 0 radical (unpaired) electrons. The molecule has 0 spiro atoms. The number of para-hydroxylation sites is 2. The maximum absolute atomic E-state index is 11.9. The van der Waals surface area contributed by atoms with Gasteiger partial charge in [0.15, 0.2) is 5.82 Å². The predicted octanol–water partition coefficient (Wildman–Crippen LogP) is 5.33. The van der Waals surface area contributed by atoms with Crippen molar-refractivity contribution < 1.29 is 13.2 Å². The molecule has 5 rings (SSSR count). The van der Waals surface area contributed by atoms with Gasteiger partial charge in [-0.1, -0.05) is 12.1 Å². The lowest BCUT2D eigenvalue weighted by molar-refractivity contribution is 0.413. The first-order chi connectivity index (χ1) is 17.8. The quantitative estimate of drug-likeness (QED) is 0.238. The Bertz CT molecular complexity index is 1530. The molecule has 0 atom stereocenters. The second-order valence-corrected chi connectivity index (χ2v) is 11.8. The van der Waals surface area contributed by atoms with Crippen LogP contribution in [-0.4, -0.2) is 44.8 Å². The molecular formula is C26H30N6O3S2. The molecule has 1 fully saturated rings. The zero-order valence-electron chi connectivity index (χ0n) is 21.0. The van der Waals surface area contributed by atoms with Crippen LogP contribution in [0.2, 0.25) is 0 Å². The van der Waals surface area contributed by atoms with Gasteiger partial charge in [-0.15, -0.1) is 11.3 Å². The van der Waals surface area contributed by atoms with Gasteiger partial charge in [0.05, 0.1) is 40.6 Å². The summed E-state index contributed by atoms with van der Waals surface area (Å²) in [6.45, 7) is 4.18. The third-order valence-corrected chi connectivity index (χ3v) is 7.89. The van der Waals surface area contributed by atoms with Crippen molar-refractivity contribution >= 4 is 60.4 Å². The van der Waals surface area contributed by atoms with Crippen LogP contribution in [0.15, 0.2) is 47.8 Å². The van der Waals surface area contributed by atoms with Gasteiger partial charge in [-0.25, -0.2) is 13.4 Å². The molecule has 0 amide bonds. The lowest BCUT2D eigenvalue weighted by Gasteiger charge is -2.25. The Labute approximate surface area is 220 Å². The summed E-state index contributed by atoms with van der Waals surface area (Å²) in [5.74, 6) is 2.24. The molecule has 9 nitrogen and oxygen atoms in total. The molecule has 37 heavy (non-hydrogen) atoms. The maximum atomic E-state index is 11.9. The van der Waals surface area contributed by atoms with E-state index in [0.29, 0.717) is 29.1 Å². The van der Waals surface area contributed by atoms with Gasteiger partial charge in [0.2, 0.25) is 16.0 Å². The molecule has 3 heterocycles. The van der Waals surface area contributed by atoms with Gasteiger partial charge in [-0.3, -0.25) is 4.72 Å². The molecule has 11 heteroatoms. The van der Waals surface area contributed by atoms with Crippen molar-refractivity contribution in [3.05, 3.63) is 59.0 Å². The summed E-state index contributed by atoms with van der Waals surface area (Å²) in [6.07, 6.45) is 3.35. The van der Waals surface area contributed by atoms with Crippen LogP contribution in [0.4, 0.5) is 28.8 Å². The van der Waals surface area contributed by atoms with Gasteiger partial charge in [0.25, 0.3) is 0 Å². The number of hydrogen-bond acceptors (Lipinski definition) is 9. The first-order valence-corrected chi connectivity index (χ1v) is 14.8. The molecule has 0 unspecified atom stereocenters. The fourth-order valence-electron chi connectivity index (χ4n) is 4.68. The average molecular weight is 539 g/mol. The van der Waals surface area contributed by atoms with Crippen molar-refractivity contribution in [2.24, 2.45) is 0 Å². The lowest BCUT2D eigenvalue weighted by Crippen LogP contribution is -2.27. The topological polar surface area (TPSA) is 117 Å². The van der Waals surface area contributed by atoms with Crippen molar-refractivity contribution in [2.45, 2.75) is 25.7 Å². The highest BCUT2D eigenvalue weighted by Gasteiger charge is 2.20. The monoisotopic (exact) mass is 538 g/mol. The number of hydrogen-bond donors (Lipinski definition) is 4. The normalized spacial score (nSPS) is 14.5. The third-order valence-electron chi connectivity index (χ3n) is 6.39. The number of thiophene rings is 1. The summed E-state index contributed by atoms with van der Waals surface area (Å²) in [6, 6.07) is 13.3. The minimum Gasteiger partial charge on any atom is -0.495 e. The summed E-state index contributed by atoms with van der Waals surface area (Å²) in [4.78, 5) is 9.46. The number of ether oxygens (including phenoxy) is 1. The molecule has 194 valence electrons. The van der Waals surface area contributed by atoms with E-state index in [4.69, 9.17) is 14.7 Å². The van der Waals surface area contributed by atoms with Crippen LogP contribution < -0.4 is 25.4 Å². The Morgan fingerprint density at radius 3 is 2.51 bits per heavy atom. The van der Waals surface area contributed by atoms with Gasteiger partial charge in [0.1, 0.15) is 5.75 Å². The first-order valence-electron chi connectivity index (χ1n) is 12.1. The summed E-state index contributed by atoms with van der Waals surface area (Å²) in [5.41, 5.74) is 5.11. The zero-order chi connectivity index (χ0) is 26.0. The molecule has 1 aliphatic heterocycles. The number of piperidine rings is 1. The molecule has 0 bridgehead atoms. The molecular weight excluding hydrogens is 508 g/mol. The fourth-order valence-corrected chi connectivity index (χ4v) is 6.03. The number of nitrogens with zero attached hydrogens (tertiary/aromatic N) is 2. The average Bonchev–Trinajstić information content (AvgIpc) is 3.34. The summed E-state index contributed by atoms with van der Waals surface area (Å²) in [5, 5.41) is 12.0. The van der Waals surface area contributed by atoms with Crippen LogP contribution in [0.1, 0.15) is 29.9 Å². The predicted molar refractivity (Wildman–Crippen MR) is 151 cm³/mol. The van der Waals surface area contributed by atoms with Crippen molar-refractivity contribution in [1.29, 1.82) is 0 Å². The van der Waals surface area contributed by atoms with Crippen molar-refractivity contribution in [3.63, 3.8) is 0 Å². The number of benzene rings is 2. The second-order valence-electron chi connectivity index (χ2n) is 9.13. The number of nitrogens with one attached hydrogen (secondary N) is 4. The summed E-state index contributed by atoms with van der Waals surface area (Å²) in [7, 11) is -1.78. The highest BCUT2D eigenvalue weighted by atomic mass is 32.2. The molecule has 4 aromatic rings. The van der Waals surface area contributed by atoms with Crippen molar-refractivity contribution in [1.82, 2.24) is 15.3 Å². The van der Waals surface area contributed by atoms with E-state index in [1.165, 1.54) is 22.5 Å². The lowest BCUT2D eigenvalue weighted by atomic mass is 9.87. The Hall–Kier alpha value is -3.41. The van der Waals surface area contributed by atoms with Gasteiger partial charge < -0.3 is 20.7 Å². The number of anilines is 5. The van der Waals surface area contributed by atoms with Crippen LogP contribution in [-0.2, 0) is 10.0 Å². The second kappa shape index (κ2) is 10.5. The standard InChI is InChI=1S/C26H30N6O3S2/c1-16-14-22(23(35-2)15-18(16)17-8-11-27-12-9-17)30-26-29-21-10-13-36-24(21)25(31-26)28-19-6-4-5-7-20(19)32-37(3,33)34/h4-7,10,13-15,17,27,32H,8-9,11-12H2,1-3H3,(H2,28,29,30,31). The van der Waals surface area contributed by atoms with Gasteiger partial charge in [-0.2, -0.15) is 4.98 Å². The molecule has 2 aromatic heterocycles. The third kappa shape index (κ3) is 5.79. The Morgan fingerprint density at radius 2 is 1.78 bits per heavy atom. The Balaban J connectivity index is 1.48. The van der Waals surface area contributed by atoms with Crippen molar-refractivity contribution in [2.75, 3.05) is 41.8 Å². The van der Waals surface area contributed by atoms with E-state index in [0.717, 1.165) is 53.8 Å². The number of rotatable bonds is 8. The number of aromatic nitrogens is 2. The van der Waals surface area contributed by atoms with Crippen LogP contribution in [0.25, 0.3) is 10.2 Å².